The van der Waals surface area contributed by atoms with E-state index in [1.165, 1.54) is 17.5 Å². The SMILES string of the molecule is C[C@@H]1C[C@@H](Nc2ncnc(N[C@H]3CCc4ccccc43)n2)[C@H](O)[C@@H]1O. The first-order chi connectivity index (χ1) is 12.1. The average Bonchev–Trinajstić information content (AvgIpc) is 3.13. The molecule has 2 aliphatic rings. The van der Waals surface area contributed by atoms with Crippen molar-refractivity contribution >= 4 is 11.9 Å². The molecule has 0 aliphatic heterocycles. The van der Waals surface area contributed by atoms with Gasteiger partial charge in [-0.25, -0.2) is 9.97 Å². The van der Waals surface area contributed by atoms with E-state index in [0.29, 0.717) is 18.3 Å². The molecular formula is C18H23N5O2. The minimum atomic E-state index is -0.815. The summed E-state index contributed by atoms with van der Waals surface area (Å²) in [5, 5.41) is 26.5. The van der Waals surface area contributed by atoms with Crippen LogP contribution in [0.2, 0.25) is 0 Å². The summed E-state index contributed by atoms with van der Waals surface area (Å²) in [6.07, 6.45) is 2.66. The smallest absolute Gasteiger partial charge is 0.227 e. The maximum atomic E-state index is 10.1. The molecule has 0 unspecified atom stereocenters. The number of nitrogens with one attached hydrogen (secondary N) is 2. The molecule has 0 saturated heterocycles. The van der Waals surface area contributed by atoms with Crippen molar-refractivity contribution in [2.24, 2.45) is 5.92 Å². The number of hydrogen-bond acceptors (Lipinski definition) is 7. The third-order valence-electron chi connectivity index (χ3n) is 5.29. The van der Waals surface area contributed by atoms with Crippen LogP contribution in [0.4, 0.5) is 11.9 Å². The van der Waals surface area contributed by atoms with Crippen molar-refractivity contribution in [3.63, 3.8) is 0 Å². The highest BCUT2D eigenvalue weighted by molar-refractivity contribution is 5.42. The van der Waals surface area contributed by atoms with E-state index in [0.717, 1.165) is 12.8 Å². The molecule has 0 radical (unpaired) electrons. The highest BCUT2D eigenvalue weighted by Gasteiger charge is 2.39. The van der Waals surface area contributed by atoms with Gasteiger partial charge in [-0.2, -0.15) is 4.98 Å². The molecule has 1 heterocycles. The first-order valence-corrected chi connectivity index (χ1v) is 8.78. The zero-order chi connectivity index (χ0) is 17.4. The van der Waals surface area contributed by atoms with E-state index in [-0.39, 0.29) is 18.0 Å². The van der Waals surface area contributed by atoms with Crippen LogP contribution in [0.15, 0.2) is 30.6 Å². The quantitative estimate of drug-likeness (QED) is 0.668. The predicted octanol–water partition coefficient (Wildman–Crippen LogP) is 1.51. The Balaban J connectivity index is 1.46. The number of fused-ring (bicyclic) bond motifs is 1. The third-order valence-corrected chi connectivity index (χ3v) is 5.29. The van der Waals surface area contributed by atoms with Gasteiger partial charge in [0.2, 0.25) is 11.9 Å². The van der Waals surface area contributed by atoms with Crippen LogP contribution in [0.25, 0.3) is 0 Å². The minimum absolute atomic E-state index is 0.0434. The summed E-state index contributed by atoms with van der Waals surface area (Å²) in [5.74, 6) is 0.969. The highest BCUT2D eigenvalue weighted by Crippen LogP contribution is 2.33. The maximum Gasteiger partial charge on any atom is 0.227 e. The Bertz CT molecular complexity index is 756. The van der Waals surface area contributed by atoms with Gasteiger partial charge in [-0.1, -0.05) is 31.2 Å². The molecule has 1 fully saturated rings. The molecule has 1 aromatic carbocycles. The Morgan fingerprint density at radius 3 is 2.56 bits per heavy atom. The topological polar surface area (TPSA) is 103 Å². The van der Waals surface area contributed by atoms with Gasteiger partial charge in [-0.15, -0.1) is 0 Å². The van der Waals surface area contributed by atoms with E-state index >= 15 is 0 Å². The van der Waals surface area contributed by atoms with Crippen LogP contribution in [0, 0.1) is 5.92 Å². The molecule has 4 rings (SSSR count). The van der Waals surface area contributed by atoms with Crippen LogP contribution in [-0.2, 0) is 6.42 Å². The van der Waals surface area contributed by atoms with Crippen LogP contribution >= 0.6 is 0 Å². The second kappa shape index (κ2) is 6.57. The van der Waals surface area contributed by atoms with Crippen molar-refractivity contribution < 1.29 is 10.2 Å². The number of anilines is 2. The van der Waals surface area contributed by atoms with Gasteiger partial charge in [-0.3, -0.25) is 0 Å². The number of nitrogens with zero attached hydrogens (tertiary/aromatic N) is 3. The first kappa shape index (κ1) is 16.2. The number of benzene rings is 1. The number of hydrogen-bond donors (Lipinski definition) is 4. The molecule has 7 nitrogen and oxygen atoms in total. The largest absolute Gasteiger partial charge is 0.390 e. The van der Waals surface area contributed by atoms with E-state index in [9.17, 15) is 10.2 Å². The first-order valence-electron chi connectivity index (χ1n) is 8.78. The molecule has 2 aromatic rings. The van der Waals surface area contributed by atoms with Gasteiger partial charge in [0, 0.05) is 0 Å². The second-order valence-corrected chi connectivity index (χ2v) is 7.01. The summed E-state index contributed by atoms with van der Waals surface area (Å²) < 4.78 is 0. The Kier molecular flexibility index (Phi) is 4.27. The third kappa shape index (κ3) is 3.17. The fraction of sp³-hybridized carbons (Fsp3) is 0.500. The monoisotopic (exact) mass is 341 g/mol. The zero-order valence-corrected chi connectivity index (χ0v) is 14.1. The van der Waals surface area contributed by atoms with Gasteiger partial charge >= 0.3 is 0 Å². The fourth-order valence-electron chi connectivity index (χ4n) is 3.86. The number of aromatic nitrogens is 3. The van der Waals surface area contributed by atoms with Crippen molar-refractivity contribution in [1.29, 1.82) is 0 Å². The van der Waals surface area contributed by atoms with E-state index in [2.05, 4.69) is 43.8 Å². The van der Waals surface area contributed by atoms with Crippen LogP contribution in [0.5, 0.6) is 0 Å². The molecule has 5 atom stereocenters. The Morgan fingerprint density at radius 1 is 1.04 bits per heavy atom. The van der Waals surface area contributed by atoms with Crippen LogP contribution < -0.4 is 10.6 Å². The zero-order valence-electron chi connectivity index (χ0n) is 14.1. The summed E-state index contributed by atoms with van der Waals surface area (Å²) in [5.41, 5.74) is 2.66. The van der Waals surface area contributed by atoms with Gasteiger partial charge in [0.1, 0.15) is 12.4 Å². The van der Waals surface area contributed by atoms with Gasteiger partial charge in [0.25, 0.3) is 0 Å². The second-order valence-electron chi connectivity index (χ2n) is 7.01. The molecule has 1 aromatic heterocycles. The number of aryl methyl sites for hydroxylation is 1. The lowest BCUT2D eigenvalue weighted by Crippen LogP contribution is -2.35. The predicted molar refractivity (Wildman–Crippen MR) is 94.2 cm³/mol. The van der Waals surface area contributed by atoms with Crippen molar-refractivity contribution in [3.8, 4) is 0 Å². The molecular weight excluding hydrogens is 318 g/mol. The summed E-state index contributed by atoms with van der Waals surface area (Å²) in [4.78, 5) is 12.8. The van der Waals surface area contributed by atoms with Gasteiger partial charge < -0.3 is 20.8 Å². The molecule has 132 valence electrons. The molecule has 0 spiro atoms. The Labute approximate surface area is 146 Å². The average molecular weight is 341 g/mol. The van der Waals surface area contributed by atoms with Crippen molar-refractivity contribution in [1.82, 2.24) is 15.0 Å². The van der Waals surface area contributed by atoms with Crippen LogP contribution in [0.3, 0.4) is 0 Å². The standard InChI is InChI=1S/C18H23N5O2/c1-10-8-14(16(25)15(10)24)22-18-20-9-19-17(23-18)21-13-7-6-11-4-2-3-5-12(11)13/h2-5,9-10,13-16,24-25H,6-8H2,1H3,(H2,19,20,21,22,23)/t10-,13+,14-,15-,16+/m1/s1. The van der Waals surface area contributed by atoms with E-state index in [1.54, 1.807) is 0 Å². The van der Waals surface area contributed by atoms with Crippen molar-refractivity contribution in [3.05, 3.63) is 41.7 Å². The van der Waals surface area contributed by atoms with E-state index in [4.69, 9.17) is 0 Å². The molecule has 4 N–H and O–H groups in total. The highest BCUT2D eigenvalue weighted by atomic mass is 16.3. The summed E-state index contributed by atoms with van der Waals surface area (Å²) in [7, 11) is 0. The van der Waals surface area contributed by atoms with E-state index in [1.807, 2.05) is 13.0 Å². The van der Waals surface area contributed by atoms with E-state index < -0.39 is 12.2 Å². The molecule has 0 amide bonds. The normalized spacial score (nSPS) is 30.9. The lowest BCUT2D eigenvalue weighted by atomic mass is 10.1. The summed E-state index contributed by atoms with van der Waals surface area (Å²) in [6.45, 7) is 1.92. The molecule has 25 heavy (non-hydrogen) atoms. The summed E-state index contributed by atoms with van der Waals surface area (Å²) >= 11 is 0. The lowest BCUT2D eigenvalue weighted by molar-refractivity contribution is 0.0210. The molecule has 2 aliphatic carbocycles. The van der Waals surface area contributed by atoms with Gasteiger partial charge in [-0.05, 0) is 36.3 Å². The van der Waals surface area contributed by atoms with Crippen LogP contribution in [0.1, 0.15) is 36.9 Å². The summed E-state index contributed by atoms with van der Waals surface area (Å²) in [6, 6.07) is 8.35. The molecule has 7 heteroatoms. The van der Waals surface area contributed by atoms with Crippen molar-refractivity contribution in [2.75, 3.05) is 10.6 Å². The maximum absolute atomic E-state index is 10.1. The number of aliphatic hydroxyl groups excluding tert-OH is 2. The van der Waals surface area contributed by atoms with Gasteiger partial charge in [0.05, 0.1) is 18.2 Å². The van der Waals surface area contributed by atoms with Crippen molar-refractivity contribution in [2.45, 2.75) is 50.5 Å². The fourth-order valence-corrected chi connectivity index (χ4v) is 3.86. The number of aliphatic hydroxyl groups is 2. The van der Waals surface area contributed by atoms with Gasteiger partial charge in [0.15, 0.2) is 0 Å². The molecule has 1 saturated carbocycles. The minimum Gasteiger partial charge on any atom is -0.390 e. The lowest BCUT2D eigenvalue weighted by Gasteiger charge is -2.18. The number of rotatable bonds is 4. The Morgan fingerprint density at radius 2 is 1.80 bits per heavy atom. The van der Waals surface area contributed by atoms with Crippen LogP contribution in [-0.4, -0.2) is 43.4 Å². The Hall–Kier alpha value is -2.25. The molecule has 0 bridgehead atoms.